The maximum Gasteiger partial charge on any atom is 0.340 e. The SMILES string of the molecule is COC(=O)C1=C(C)N(c2ccc(F)cc2)C(=O)/C1=C/c1ccc(CN(Cc2ccc(Cl)cc2)S(=O)(=O)c2ccc(Cl)cc2)o1. The Bertz CT molecular complexity index is 1880. The summed E-state index contributed by atoms with van der Waals surface area (Å²) in [5.41, 5.74) is 1.39. The third kappa shape index (κ3) is 6.48. The molecule has 0 bridgehead atoms. The van der Waals surface area contributed by atoms with Crippen molar-refractivity contribution in [2.75, 3.05) is 12.0 Å². The molecule has 0 fully saturated rings. The van der Waals surface area contributed by atoms with Gasteiger partial charge in [0.15, 0.2) is 0 Å². The van der Waals surface area contributed by atoms with Gasteiger partial charge in [0.2, 0.25) is 10.0 Å². The molecule has 1 aliphatic rings. The largest absolute Gasteiger partial charge is 0.465 e. The van der Waals surface area contributed by atoms with Crippen LogP contribution in [0.2, 0.25) is 10.0 Å². The van der Waals surface area contributed by atoms with Crippen molar-refractivity contribution in [3.05, 3.63) is 135 Å². The number of allylic oxidation sites excluding steroid dienone is 1. The summed E-state index contributed by atoms with van der Waals surface area (Å²) in [6, 6.07) is 21.1. The highest BCUT2D eigenvalue weighted by atomic mass is 35.5. The highest BCUT2D eigenvalue weighted by molar-refractivity contribution is 7.89. The van der Waals surface area contributed by atoms with E-state index >= 15 is 0 Å². The average molecular weight is 656 g/mol. The summed E-state index contributed by atoms with van der Waals surface area (Å²) >= 11 is 12.0. The molecule has 2 heterocycles. The number of esters is 1. The monoisotopic (exact) mass is 654 g/mol. The van der Waals surface area contributed by atoms with Crippen molar-refractivity contribution < 1.29 is 31.6 Å². The van der Waals surface area contributed by atoms with Gasteiger partial charge in [-0.2, -0.15) is 4.31 Å². The number of methoxy groups -OCH3 is 1. The minimum Gasteiger partial charge on any atom is -0.465 e. The van der Waals surface area contributed by atoms with E-state index in [4.69, 9.17) is 32.4 Å². The summed E-state index contributed by atoms with van der Waals surface area (Å²) < 4.78 is 53.1. The van der Waals surface area contributed by atoms with Crippen LogP contribution in [0.1, 0.15) is 24.0 Å². The minimum absolute atomic E-state index is 0.00591. The second-order valence-corrected chi connectivity index (χ2v) is 12.6. The first-order valence-corrected chi connectivity index (χ1v) is 15.4. The molecule has 4 aromatic rings. The highest BCUT2D eigenvalue weighted by Crippen LogP contribution is 2.36. The summed E-state index contributed by atoms with van der Waals surface area (Å²) in [5.74, 6) is -1.26. The lowest BCUT2D eigenvalue weighted by Gasteiger charge is -2.21. The van der Waals surface area contributed by atoms with E-state index < -0.39 is 27.7 Å². The van der Waals surface area contributed by atoms with Crippen LogP contribution in [0.3, 0.4) is 0 Å². The number of benzene rings is 3. The molecular formula is C32H25Cl2FN2O6S. The number of nitrogens with zero attached hydrogens (tertiary/aromatic N) is 2. The maximum absolute atomic E-state index is 13.7. The number of sulfonamides is 1. The molecule has 0 saturated carbocycles. The third-order valence-corrected chi connectivity index (χ3v) is 9.21. The average Bonchev–Trinajstić information content (AvgIpc) is 3.55. The van der Waals surface area contributed by atoms with E-state index in [0.717, 1.165) is 0 Å². The second kappa shape index (κ2) is 12.8. The van der Waals surface area contributed by atoms with Gasteiger partial charge in [-0.05, 0) is 91.4 Å². The standard InChI is InChI=1S/C32H25Cl2FN2O6S/c1-20-30(32(39)42-2)29(31(38)37(20)25-11-9-24(35)10-12-25)17-26-13-14-27(43-26)19-36(18-21-3-5-22(33)6-4-21)44(40,41)28-15-7-23(34)8-16-28/h3-17H,18-19H2,1-2H3/b29-17+. The zero-order chi connectivity index (χ0) is 31.6. The number of ether oxygens (including phenoxy) is 1. The Morgan fingerprint density at radius 1 is 0.932 bits per heavy atom. The van der Waals surface area contributed by atoms with Gasteiger partial charge in [-0.3, -0.25) is 9.69 Å². The Kier molecular flexibility index (Phi) is 9.07. The fraction of sp³-hybridized carbons (Fsp3) is 0.125. The Hall–Kier alpha value is -4.22. The second-order valence-electron chi connectivity index (χ2n) is 9.78. The van der Waals surface area contributed by atoms with Crippen LogP contribution in [0, 0.1) is 5.82 Å². The molecule has 0 N–H and O–H groups in total. The van der Waals surface area contributed by atoms with Gasteiger partial charge in [-0.15, -0.1) is 0 Å². The van der Waals surface area contributed by atoms with Crippen LogP contribution in [0.25, 0.3) is 6.08 Å². The van der Waals surface area contributed by atoms with Crippen LogP contribution in [0.4, 0.5) is 10.1 Å². The first-order valence-electron chi connectivity index (χ1n) is 13.2. The van der Waals surface area contributed by atoms with Gasteiger partial charge in [0, 0.05) is 28.0 Å². The van der Waals surface area contributed by atoms with Crippen molar-refractivity contribution in [2.45, 2.75) is 24.9 Å². The molecule has 0 aliphatic carbocycles. The molecule has 0 saturated heterocycles. The van der Waals surface area contributed by atoms with Crippen LogP contribution in [0.15, 0.2) is 111 Å². The van der Waals surface area contributed by atoms with Gasteiger partial charge >= 0.3 is 5.97 Å². The molecule has 226 valence electrons. The van der Waals surface area contributed by atoms with E-state index in [-0.39, 0.29) is 40.7 Å². The number of carbonyl (C=O) groups excluding carboxylic acids is 2. The number of halogens is 3. The van der Waals surface area contributed by atoms with E-state index in [1.807, 2.05) is 0 Å². The third-order valence-electron chi connectivity index (χ3n) is 6.90. The zero-order valence-corrected chi connectivity index (χ0v) is 25.8. The topological polar surface area (TPSA) is 97.1 Å². The molecule has 44 heavy (non-hydrogen) atoms. The molecule has 1 aliphatic heterocycles. The highest BCUT2D eigenvalue weighted by Gasteiger charge is 2.38. The van der Waals surface area contributed by atoms with Crippen LogP contribution in [-0.4, -0.2) is 31.7 Å². The molecule has 0 atom stereocenters. The molecule has 3 aromatic carbocycles. The number of furan rings is 1. The Morgan fingerprint density at radius 2 is 1.55 bits per heavy atom. The molecular weight excluding hydrogens is 630 g/mol. The molecule has 5 rings (SSSR count). The predicted octanol–water partition coefficient (Wildman–Crippen LogP) is 6.99. The summed E-state index contributed by atoms with van der Waals surface area (Å²) in [6.45, 7) is 1.45. The fourth-order valence-corrected chi connectivity index (χ4v) is 6.38. The Balaban J connectivity index is 1.48. The quantitative estimate of drug-likeness (QED) is 0.142. The van der Waals surface area contributed by atoms with Gasteiger partial charge in [-0.25, -0.2) is 17.6 Å². The number of hydrogen-bond acceptors (Lipinski definition) is 6. The molecule has 0 radical (unpaired) electrons. The van der Waals surface area contributed by atoms with Crippen LogP contribution in [0.5, 0.6) is 0 Å². The van der Waals surface area contributed by atoms with Crippen LogP contribution < -0.4 is 4.90 Å². The Morgan fingerprint density at radius 3 is 2.16 bits per heavy atom. The van der Waals surface area contributed by atoms with Crippen molar-refractivity contribution in [3.8, 4) is 0 Å². The van der Waals surface area contributed by atoms with E-state index in [9.17, 15) is 22.4 Å². The lowest BCUT2D eigenvalue weighted by Crippen LogP contribution is -2.30. The fourth-order valence-electron chi connectivity index (χ4n) is 4.73. The molecule has 1 amide bonds. The van der Waals surface area contributed by atoms with Crippen LogP contribution in [-0.2, 0) is 37.4 Å². The number of amides is 1. The smallest absolute Gasteiger partial charge is 0.340 e. The summed E-state index contributed by atoms with van der Waals surface area (Å²) in [4.78, 5) is 27.6. The van der Waals surface area contributed by atoms with Crippen LogP contribution >= 0.6 is 23.2 Å². The number of hydrogen-bond donors (Lipinski definition) is 0. The van der Waals surface area contributed by atoms with Crippen molar-refractivity contribution >= 4 is 56.9 Å². The first kappa shape index (κ1) is 31.2. The van der Waals surface area contributed by atoms with Crippen molar-refractivity contribution in [3.63, 3.8) is 0 Å². The molecule has 1 aromatic heterocycles. The van der Waals surface area contributed by atoms with Gasteiger partial charge in [0.1, 0.15) is 17.3 Å². The Labute approximate surface area is 263 Å². The van der Waals surface area contributed by atoms with Crippen molar-refractivity contribution in [1.29, 1.82) is 0 Å². The molecule has 0 unspecified atom stereocenters. The summed E-state index contributed by atoms with van der Waals surface area (Å²) in [5, 5.41) is 0.909. The molecule has 12 heteroatoms. The number of carbonyl (C=O) groups is 2. The predicted molar refractivity (Wildman–Crippen MR) is 165 cm³/mol. The van der Waals surface area contributed by atoms with E-state index in [1.165, 1.54) is 70.9 Å². The normalized spacial score (nSPS) is 14.6. The van der Waals surface area contributed by atoms with Gasteiger partial charge in [0.05, 0.1) is 29.7 Å². The minimum atomic E-state index is -4.01. The number of anilines is 1. The van der Waals surface area contributed by atoms with Gasteiger partial charge in [0.25, 0.3) is 5.91 Å². The zero-order valence-electron chi connectivity index (χ0n) is 23.5. The lowest BCUT2D eigenvalue weighted by atomic mass is 10.1. The van der Waals surface area contributed by atoms with E-state index in [1.54, 1.807) is 43.3 Å². The number of rotatable bonds is 9. The van der Waals surface area contributed by atoms with Crippen molar-refractivity contribution in [1.82, 2.24) is 4.31 Å². The summed E-state index contributed by atoms with van der Waals surface area (Å²) in [7, 11) is -2.81. The first-order chi connectivity index (χ1) is 21.0. The van der Waals surface area contributed by atoms with Gasteiger partial charge in [-0.1, -0.05) is 35.3 Å². The molecule has 0 spiro atoms. The maximum atomic E-state index is 13.7. The van der Waals surface area contributed by atoms with Gasteiger partial charge < -0.3 is 9.15 Å². The lowest BCUT2D eigenvalue weighted by molar-refractivity contribution is -0.136. The summed E-state index contributed by atoms with van der Waals surface area (Å²) in [6.07, 6.45) is 1.39. The van der Waals surface area contributed by atoms with Crippen molar-refractivity contribution in [2.24, 2.45) is 0 Å². The van der Waals surface area contributed by atoms with E-state index in [0.29, 0.717) is 27.0 Å². The van der Waals surface area contributed by atoms with E-state index in [2.05, 4.69) is 0 Å². The molecule has 8 nitrogen and oxygen atoms in total.